The Balaban J connectivity index is 2.35. The molecule has 1 aliphatic rings. The van der Waals surface area contributed by atoms with E-state index in [0.717, 1.165) is 6.42 Å². The fraction of sp³-hybridized carbons (Fsp3) is 0.929. The number of aliphatic hydroxyl groups is 1. The smallest absolute Gasteiger partial charge is 0.303 e. The topological polar surface area (TPSA) is 85.2 Å². The molecule has 0 bridgehead atoms. The van der Waals surface area contributed by atoms with Crippen LogP contribution in [-0.2, 0) is 19.0 Å². The third-order valence-electron chi connectivity index (χ3n) is 3.53. The van der Waals surface area contributed by atoms with Crippen molar-refractivity contribution in [1.82, 2.24) is 0 Å². The van der Waals surface area contributed by atoms with E-state index in [2.05, 4.69) is 0 Å². The average molecular weight is 290 g/mol. The van der Waals surface area contributed by atoms with Crippen LogP contribution in [0.4, 0.5) is 0 Å². The minimum absolute atomic E-state index is 0.0101. The molecule has 1 rings (SSSR count). The molecule has 118 valence electrons. The average Bonchev–Trinajstić information content (AvgIpc) is 2.79. The van der Waals surface area contributed by atoms with Gasteiger partial charge < -0.3 is 24.4 Å². The molecule has 2 N–H and O–H groups in total. The number of hydrogen-bond acceptors (Lipinski definition) is 5. The Hall–Kier alpha value is -0.690. The van der Waals surface area contributed by atoms with Crippen LogP contribution in [0.15, 0.2) is 0 Å². The number of rotatable bonds is 9. The van der Waals surface area contributed by atoms with Crippen molar-refractivity contribution < 1.29 is 29.2 Å². The maximum absolute atomic E-state index is 10.6. The van der Waals surface area contributed by atoms with E-state index in [1.165, 1.54) is 0 Å². The first-order valence-electron chi connectivity index (χ1n) is 7.23. The Labute approximate surface area is 120 Å². The van der Waals surface area contributed by atoms with Gasteiger partial charge in [-0.05, 0) is 19.8 Å². The molecule has 1 saturated heterocycles. The van der Waals surface area contributed by atoms with Crippen molar-refractivity contribution in [2.24, 2.45) is 0 Å². The van der Waals surface area contributed by atoms with Crippen LogP contribution in [0.2, 0.25) is 0 Å². The summed E-state index contributed by atoms with van der Waals surface area (Å²) in [5, 5.41) is 18.5. The first-order chi connectivity index (χ1) is 9.40. The maximum atomic E-state index is 10.6. The van der Waals surface area contributed by atoms with Crippen LogP contribution in [0.25, 0.3) is 0 Å². The predicted molar refractivity (Wildman–Crippen MR) is 72.4 cm³/mol. The summed E-state index contributed by atoms with van der Waals surface area (Å²) < 4.78 is 16.9. The molecule has 20 heavy (non-hydrogen) atoms. The summed E-state index contributed by atoms with van der Waals surface area (Å²) in [7, 11) is 0. The van der Waals surface area contributed by atoms with Gasteiger partial charge in [-0.2, -0.15) is 0 Å². The molecule has 1 fully saturated rings. The highest BCUT2D eigenvalue weighted by molar-refractivity contribution is 5.66. The van der Waals surface area contributed by atoms with Crippen molar-refractivity contribution in [3.63, 3.8) is 0 Å². The minimum Gasteiger partial charge on any atom is -0.481 e. The first kappa shape index (κ1) is 17.4. The third kappa shape index (κ3) is 5.36. The number of ether oxygens (including phenoxy) is 3. The Morgan fingerprint density at radius 2 is 2.15 bits per heavy atom. The summed E-state index contributed by atoms with van der Waals surface area (Å²) >= 11 is 0. The fourth-order valence-corrected chi connectivity index (χ4v) is 2.23. The van der Waals surface area contributed by atoms with Crippen LogP contribution in [0.3, 0.4) is 0 Å². The monoisotopic (exact) mass is 290 g/mol. The van der Waals surface area contributed by atoms with Gasteiger partial charge in [-0.1, -0.05) is 13.8 Å². The van der Waals surface area contributed by atoms with Crippen molar-refractivity contribution in [1.29, 1.82) is 0 Å². The second-order valence-corrected chi connectivity index (χ2v) is 5.33. The van der Waals surface area contributed by atoms with Crippen molar-refractivity contribution in [3.05, 3.63) is 0 Å². The van der Waals surface area contributed by atoms with Crippen LogP contribution in [0.5, 0.6) is 0 Å². The molecule has 0 radical (unpaired) electrons. The fourth-order valence-electron chi connectivity index (χ4n) is 2.23. The van der Waals surface area contributed by atoms with Crippen LogP contribution < -0.4 is 0 Å². The summed E-state index contributed by atoms with van der Waals surface area (Å²) in [6, 6.07) is 0. The highest BCUT2D eigenvalue weighted by Gasteiger charge is 2.37. The molecule has 4 unspecified atom stereocenters. The minimum atomic E-state index is -0.866. The number of aliphatic carboxylic acids is 1. The van der Waals surface area contributed by atoms with Crippen molar-refractivity contribution >= 4 is 5.97 Å². The number of carbonyl (C=O) groups is 1. The van der Waals surface area contributed by atoms with Crippen molar-refractivity contribution in [2.45, 2.75) is 70.6 Å². The Morgan fingerprint density at radius 1 is 1.45 bits per heavy atom. The summed E-state index contributed by atoms with van der Waals surface area (Å²) in [6.45, 7) is 6.35. The number of carboxylic acids is 1. The maximum Gasteiger partial charge on any atom is 0.303 e. The number of hydrogen-bond donors (Lipinski definition) is 2. The Kier molecular flexibility index (Phi) is 6.88. The molecule has 1 aliphatic heterocycles. The van der Waals surface area contributed by atoms with E-state index in [1.54, 1.807) is 6.92 Å². The normalized spacial score (nSPS) is 29.3. The molecule has 0 aromatic heterocycles. The van der Waals surface area contributed by atoms with Gasteiger partial charge in [0.15, 0.2) is 5.79 Å². The van der Waals surface area contributed by atoms with E-state index in [1.807, 2.05) is 13.8 Å². The summed E-state index contributed by atoms with van der Waals surface area (Å²) in [5.74, 6) is -1.72. The molecule has 4 atom stereocenters. The summed E-state index contributed by atoms with van der Waals surface area (Å²) in [6.07, 6.45) is 0.821. The zero-order valence-electron chi connectivity index (χ0n) is 12.5. The molecule has 6 heteroatoms. The lowest BCUT2D eigenvalue weighted by molar-refractivity contribution is -0.173. The van der Waals surface area contributed by atoms with Crippen LogP contribution >= 0.6 is 0 Å². The second kappa shape index (κ2) is 7.93. The van der Waals surface area contributed by atoms with Crippen LogP contribution in [0.1, 0.15) is 46.5 Å². The van der Waals surface area contributed by atoms with Gasteiger partial charge in [0.1, 0.15) is 6.10 Å². The number of aliphatic hydroxyl groups excluding tert-OH is 1. The van der Waals surface area contributed by atoms with Gasteiger partial charge in [-0.15, -0.1) is 0 Å². The molecular formula is C14H26O6. The van der Waals surface area contributed by atoms with E-state index >= 15 is 0 Å². The largest absolute Gasteiger partial charge is 0.481 e. The standard InChI is InChI=1S/C14H26O6/c1-4-11(15)12(5-2)18-8-10-9-19-14(3,20-10)7-6-13(16)17/h10-12,15H,4-9H2,1-3H3,(H,16,17). The lowest BCUT2D eigenvalue weighted by Crippen LogP contribution is -2.33. The zero-order valence-corrected chi connectivity index (χ0v) is 12.5. The van der Waals surface area contributed by atoms with Gasteiger partial charge in [-0.3, -0.25) is 4.79 Å². The van der Waals surface area contributed by atoms with Crippen LogP contribution in [-0.4, -0.2) is 53.5 Å². The van der Waals surface area contributed by atoms with Crippen molar-refractivity contribution in [2.75, 3.05) is 13.2 Å². The first-order valence-corrected chi connectivity index (χ1v) is 7.23. The van der Waals surface area contributed by atoms with E-state index in [4.69, 9.17) is 19.3 Å². The second-order valence-electron chi connectivity index (χ2n) is 5.33. The SMILES string of the molecule is CCC(O)C(CC)OCC1COC(C)(CCC(=O)O)O1. The molecule has 0 aliphatic carbocycles. The lowest BCUT2D eigenvalue weighted by Gasteiger charge is -2.24. The molecule has 0 spiro atoms. The molecule has 0 amide bonds. The number of carboxylic acid groups (broad SMARTS) is 1. The van der Waals surface area contributed by atoms with Gasteiger partial charge in [0.2, 0.25) is 0 Å². The van der Waals surface area contributed by atoms with Crippen molar-refractivity contribution in [3.8, 4) is 0 Å². The quantitative estimate of drug-likeness (QED) is 0.670. The summed E-state index contributed by atoms with van der Waals surface area (Å²) in [4.78, 5) is 10.6. The highest BCUT2D eigenvalue weighted by Crippen LogP contribution is 2.28. The summed E-state index contributed by atoms with van der Waals surface area (Å²) in [5.41, 5.74) is 0. The predicted octanol–water partition coefficient (Wildman–Crippen LogP) is 1.55. The van der Waals surface area contributed by atoms with Gasteiger partial charge in [0.05, 0.1) is 31.8 Å². The molecule has 0 aromatic rings. The molecule has 0 aromatic carbocycles. The van der Waals surface area contributed by atoms with E-state index in [0.29, 0.717) is 26.1 Å². The van der Waals surface area contributed by atoms with Crippen LogP contribution in [0, 0.1) is 0 Å². The van der Waals surface area contributed by atoms with Gasteiger partial charge in [-0.25, -0.2) is 0 Å². The molecule has 0 saturated carbocycles. The van der Waals surface area contributed by atoms with E-state index in [9.17, 15) is 9.90 Å². The van der Waals surface area contributed by atoms with Gasteiger partial charge in [0, 0.05) is 6.42 Å². The zero-order chi connectivity index (χ0) is 15.2. The Morgan fingerprint density at radius 3 is 2.70 bits per heavy atom. The molecule has 1 heterocycles. The van der Waals surface area contributed by atoms with Gasteiger partial charge >= 0.3 is 5.97 Å². The van der Waals surface area contributed by atoms with E-state index < -0.39 is 17.9 Å². The lowest BCUT2D eigenvalue weighted by atomic mass is 10.1. The Bertz CT molecular complexity index is 308. The molecular weight excluding hydrogens is 264 g/mol. The molecule has 6 nitrogen and oxygen atoms in total. The highest BCUT2D eigenvalue weighted by atomic mass is 16.7. The third-order valence-corrected chi connectivity index (χ3v) is 3.53. The van der Waals surface area contributed by atoms with Gasteiger partial charge in [0.25, 0.3) is 0 Å². The van der Waals surface area contributed by atoms with E-state index in [-0.39, 0.29) is 18.6 Å².